The van der Waals surface area contributed by atoms with Crippen molar-refractivity contribution in [2.75, 3.05) is 0 Å². The average molecular weight is 464 g/mol. The number of benzene rings is 2. The first-order chi connectivity index (χ1) is 10.5. The van der Waals surface area contributed by atoms with Crippen molar-refractivity contribution in [1.29, 1.82) is 0 Å². The topological polar surface area (TPSA) is 9.23 Å². The summed E-state index contributed by atoms with van der Waals surface area (Å²) in [5, 5.41) is 0. The summed E-state index contributed by atoms with van der Waals surface area (Å²) < 4.78 is 80.8. The fraction of sp³-hybridized carbons (Fsp3) is 0.143. The maximum atomic E-state index is 12.6. The lowest BCUT2D eigenvalue weighted by Crippen LogP contribution is -2.05. The normalized spacial score (nSPS) is 12.3. The molecule has 23 heavy (non-hydrogen) atoms. The Hall–Kier alpha value is -1.22. The van der Waals surface area contributed by atoms with E-state index in [1.165, 1.54) is 0 Å². The summed E-state index contributed by atoms with van der Waals surface area (Å²) in [4.78, 5) is 0. The quantitative estimate of drug-likeness (QED) is 0.434. The molecule has 0 unspecified atom stereocenters. The van der Waals surface area contributed by atoms with Crippen LogP contribution in [0.25, 0.3) is 0 Å². The highest BCUT2D eigenvalue weighted by Crippen LogP contribution is 2.40. The van der Waals surface area contributed by atoms with E-state index in [0.717, 1.165) is 36.4 Å². The largest absolute Gasteiger partial charge is 0.455 e. The molecule has 0 bridgehead atoms. The monoisotopic (exact) mass is 462 g/mol. The second-order valence-electron chi connectivity index (χ2n) is 4.39. The van der Waals surface area contributed by atoms with Crippen LogP contribution < -0.4 is 4.74 Å². The van der Waals surface area contributed by atoms with E-state index in [1.54, 1.807) is 0 Å². The molecule has 2 aromatic carbocycles. The SMILES string of the molecule is FC(F)(F)c1ccc(Oc2ccc(C(F)(F)F)cc2Br)c(Br)c1. The van der Waals surface area contributed by atoms with Gasteiger partial charge in [0, 0.05) is 0 Å². The summed E-state index contributed by atoms with van der Waals surface area (Å²) in [5.41, 5.74) is -1.74. The molecule has 0 aliphatic heterocycles. The Bertz CT molecular complexity index is 663. The third-order valence-corrected chi connectivity index (χ3v) is 3.98. The summed E-state index contributed by atoms with van der Waals surface area (Å²) >= 11 is 5.90. The summed E-state index contributed by atoms with van der Waals surface area (Å²) in [6, 6.07) is 5.45. The van der Waals surface area contributed by atoms with Crippen LogP contribution >= 0.6 is 31.9 Å². The van der Waals surface area contributed by atoms with Gasteiger partial charge in [0.2, 0.25) is 0 Å². The van der Waals surface area contributed by atoms with E-state index in [-0.39, 0.29) is 20.4 Å². The predicted molar refractivity (Wildman–Crippen MR) is 78.4 cm³/mol. The molecule has 0 aliphatic carbocycles. The zero-order valence-corrected chi connectivity index (χ0v) is 14.1. The molecule has 0 atom stereocenters. The molecular weight excluding hydrogens is 458 g/mol. The third-order valence-electron chi connectivity index (χ3n) is 2.74. The Morgan fingerprint density at radius 1 is 0.652 bits per heavy atom. The number of hydrogen-bond donors (Lipinski definition) is 0. The molecule has 0 N–H and O–H groups in total. The lowest BCUT2D eigenvalue weighted by atomic mass is 10.2. The van der Waals surface area contributed by atoms with Gasteiger partial charge in [-0.05, 0) is 68.3 Å². The highest BCUT2D eigenvalue weighted by atomic mass is 79.9. The van der Waals surface area contributed by atoms with Crippen LogP contribution in [0.5, 0.6) is 11.5 Å². The van der Waals surface area contributed by atoms with Crippen molar-refractivity contribution in [3.63, 3.8) is 0 Å². The number of hydrogen-bond acceptors (Lipinski definition) is 1. The highest BCUT2D eigenvalue weighted by Gasteiger charge is 2.32. The van der Waals surface area contributed by atoms with Crippen molar-refractivity contribution < 1.29 is 31.1 Å². The van der Waals surface area contributed by atoms with Crippen LogP contribution in [0.4, 0.5) is 26.3 Å². The van der Waals surface area contributed by atoms with Crippen LogP contribution in [0.2, 0.25) is 0 Å². The van der Waals surface area contributed by atoms with Gasteiger partial charge in [0.1, 0.15) is 11.5 Å². The fourth-order valence-corrected chi connectivity index (χ4v) is 2.56. The Balaban J connectivity index is 2.30. The molecule has 124 valence electrons. The zero-order valence-electron chi connectivity index (χ0n) is 10.9. The van der Waals surface area contributed by atoms with Crippen molar-refractivity contribution >= 4 is 31.9 Å². The molecule has 0 fully saturated rings. The second kappa shape index (κ2) is 6.35. The van der Waals surface area contributed by atoms with Gasteiger partial charge in [0.25, 0.3) is 0 Å². The smallest absolute Gasteiger partial charge is 0.416 e. The molecule has 1 nitrogen and oxygen atoms in total. The maximum absolute atomic E-state index is 12.6. The number of alkyl halides is 6. The van der Waals surface area contributed by atoms with E-state index >= 15 is 0 Å². The molecule has 0 radical (unpaired) electrons. The van der Waals surface area contributed by atoms with Gasteiger partial charge in [-0.15, -0.1) is 0 Å². The van der Waals surface area contributed by atoms with E-state index in [1.807, 2.05) is 0 Å². The van der Waals surface area contributed by atoms with E-state index < -0.39 is 23.5 Å². The van der Waals surface area contributed by atoms with Gasteiger partial charge < -0.3 is 4.74 Å². The first kappa shape index (κ1) is 18.1. The minimum Gasteiger partial charge on any atom is -0.455 e. The number of rotatable bonds is 2. The molecule has 2 aromatic rings. The van der Waals surface area contributed by atoms with Crippen LogP contribution in [0.1, 0.15) is 11.1 Å². The summed E-state index contributed by atoms with van der Waals surface area (Å²) in [6.45, 7) is 0. The van der Waals surface area contributed by atoms with E-state index in [9.17, 15) is 26.3 Å². The first-order valence-corrected chi connectivity index (χ1v) is 7.48. The summed E-state index contributed by atoms with van der Waals surface area (Å²) in [6.07, 6.45) is -9.01. The predicted octanol–water partition coefficient (Wildman–Crippen LogP) is 7.04. The summed E-state index contributed by atoms with van der Waals surface area (Å²) in [5.74, 6) is 0.0805. The Morgan fingerprint density at radius 3 is 1.26 bits per heavy atom. The van der Waals surface area contributed by atoms with Gasteiger partial charge in [-0.3, -0.25) is 0 Å². The molecule has 0 aromatic heterocycles. The van der Waals surface area contributed by atoms with E-state index in [0.29, 0.717) is 0 Å². The Kier molecular flexibility index (Phi) is 5.00. The van der Waals surface area contributed by atoms with Gasteiger partial charge in [-0.25, -0.2) is 0 Å². The highest BCUT2D eigenvalue weighted by molar-refractivity contribution is 9.11. The molecule has 9 heteroatoms. The molecular formula is C14H6Br2F6O. The van der Waals surface area contributed by atoms with Crippen molar-refractivity contribution in [3.8, 4) is 11.5 Å². The lowest BCUT2D eigenvalue weighted by Gasteiger charge is -2.13. The van der Waals surface area contributed by atoms with Gasteiger partial charge >= 0.3 is 12.4 Å². The average Bonchev–Trinajstić information content (AvgIpc) is 2.40. The van der Waals surface area contributed by atoms with Crippen molar-refractivity contribution in [3.05, 3.63) is 56.5 Å². The van der Waals surface area contributed by atoms with Crippen molar-refractivity contribution in [2.45, 2.75) is 12.4 Å². The van der Waals surface area contributed by atoms with Gasteiger partial charge in [-0.1, -0.05) is 0 Å². The fourth-order valence-electron chi connectivity index (χ4n) is 1.64. The number of halogens is 8. The number of ether oxygens (including phenoxy) is 1. The van der Waals surface area contributed by atoms with Gasteiger partial charge in [0.15, 0.2) is 0 Å². The maximum Gasteiger partial charge on any atom is 0.416 e. The molecule has 0 heterocycles. The van der Waals surface area contributed by atoms with Crippen LogP contribution in [-0.4, -0.2) is 0 Å². The lowest BCUT2D eigenvalue weighted by molar-refractivity contribution is -0.138. The minimum absolute atomic E-state index is 0.0270. The molecule has 0 saturated carbocycles. The minimum atomic E-state index is -4.50. The van der Waals surface area contributed by atoms with Crippen LogP contribution in [0.3, 0.4) is 0 Å². The molecule has 0 aliphatic rings. The third kappa shape index (κ3) is 4.41. The molecule has 0 spiro atoms. The van der Waals surface area contributed by atoms with Crippen LogP contribution in [0, 0.1) is 0 Å². The Morgan fingerprint density at radius 2 is 1.00 bits per heavy atom. The molecule has 2 rings (SSSR count). The summed E-state index contributed by atoms with van der Waals surface area (Å²) in [7, 11) is 0. The molecule has 0 amide bonds. The Labute approximate surface area is 143 Å². The first-order valence-electron chi connectivity index (χ1n) is 5.90. The second-order valence-corrected chi connectivity index (χ2v) is 6.10. The van der Waals surface area contributed by atoms with E-state index in [2.05, 4.69) is 31.9 Å². The van der Waals surface area contributed by atoms with E-state index in [4.69, 9.17) is 4.74 Å². The van der Waals surface area contributed by atoms with Gasteiger partial charge in [-0.2, -0.15) is 26.3 Å². The zero-order chi connectivity index (χ0) is 17.4. The molecule has 0 saturated heterocycles. The standard InChI is InChI=1S/C14H6Br2F6O/c15-9-5-7(13(17,18)19)1-3-11(9)23-12-4-2-8(6-10(12)16)14(20,21)22/h1-6H. The van der Waals surface area contributed by atoms with Crippen LogP contribution in [-0.2, 0) is 12.4 Å². The van der Waals surface area contributed by atoms with Crippen molar-refractivity contribution in [1.82, 2.24) is 0 Å². The van der Waals surface area contributed by atoms with Gasteiger partial charge in [0.05, 0.1) is 20.1 Å². The van der Waals surface area contributed by atoms with Crippen molar-refractivity contribution in [2.24, 2.45) is 0 Å². The van der Waals surface area contributed by atoms with Crippen LogP contribution in [0.15, 0.2) is 45.3 Å².